The molecule has 1 amide bonds. The molecule has 4 N–H and O–H groups in total. The lowest BCUT2D eigenvalue weighted by molar-refractivity contribution is -0.142. The maximum Gasteiger partial charge on any atom is 0.407 e. The Morgan fingerprint density at radius 3 is 2.14 bits per heavy atom. The molecule has 4 atom stereocenters. The number of amides is 1. The Kier molecular flexibility index (Phi) is 16.3. The van der Waals surface area contributed by atoms with Gasteiger partial charge in [0, 0.05) is 26.6 Å². The summed E-state index contributed by atoms with van der Waals surface area (Å²) in [7, 11) is 1.62. The normalized spacial score (nSPS) is 14.5. The summed E-state index contributed by atoms with van der Waals surface area (Å²) in [5, 5.41) is 32.1. The molecule has 11 heteroatoms. The van der Waals surface area contributed by atoms with Gasteiger partial charge in [-0.05, 0) is 76.0 Å². The molecular weight excluding hydrogens is 546 g/mol. The molecule has 0 saturated carbocycles. The number of aliphatic carboxylic acids is 2. The minimum atomic E-state index is -1.09. The standard InChI is InChI=1S/C31H51NO10/c1-20(2)23(19-24(25(33)16-21(3)29(36)37)32-30(38)42-31(4,5)6)17-22-11-12-26(40-14-8-10-28(34)35)27(18-22)41-15-9-13-39-7/h11-12,18,20-21,23-25,33H,8-10,13-17,19H2,1-7H3,(H,32,38)(H,34,35)(H,36,37). The van der Waals surface area contributed by atoms with Crippen molar-refractivity contribution in [2.45, 2.75) is 97.8 Å². The molecule has 42 heavy (non-hydrogen) atoms. The van der Waals surface area contributed by atoms with E-state index in [2.05, 4.69) is 19.2 Å². The Morgan fingerprint density at radius 1 is 0.929 bits per heavy atom. The molecule has 0 radical (unpaired) electrons. The van der Waals surface area contributed by atoms with Crippen molar-refractivity contribution < 1.29 is 48.7 Å². The Bertz CT molecular complexity index is 975. The molecule has 11 nitrogen and oxygen atoms in total. The number of methoxy groups -OCH3 is 1. The van der Waals surface area contributed by atoms with Gasteiger partial charge in [-0.1, -0.05) is 26.8 Å². The number of carboxylic acid groups (broad SMARTS) is 2. The first-order valence-corrected chi connectivity index (χ1v) is 14.6. The highest BCUT2D eigenvalue weighted by Gasteiger charge is 2.31. The number of benzene rings is 1. The third-order valence-corrected chi connectivity index (χ3v) is 6.73. The van der Waals surface area contributed by atoms with Gasteiger partial charge in [-0.25, -0.2) is 4.79 Å². The zero-order valence-corrected chi connectivity index (χ0v) is 26.2. The van der Waals surface area contributed by atoms with Gasteiger partial charge in [-0.15, -0.1) is 0 Å². The van der Waals surface area contributed by atoms with Crippen molar-refractivity contribution in [1.82, 2.24) is 5.32 Å². The van der Waals surface area contributed by atoms with Crippen LogP contribution in [0.15, 0.2) is 18.2 Å². The lowest BCUT2D eigenvalue weighted by Gasteiger charge is -2.32. The Labute approximate surface area is 249 Å². The minimum Gasteiger partial charge on any atom is -0.490 e. The Morgan fingerprint density at radius 2 is 1.57 bits per heavy atom. The fourth-order valence-corrected chi connectivity index (χ4v) is 4.32. The summed E-state index contributed by atoms with van der Waals surface area (Å²) in [6, 6.07) is 4.89. The van der Waals surface area contributed by atoms with E-state index >= 15 is 0 Å². The van der Waals surface area contributed by atoms with Gasteiger partial charge < -0.3 is 39.6 Å². The van der Waals surface area contributed by atoms with E-state index in [-0.39, 0.29) is 31.3 Å². The lowest BCUT2D eigenvalue weighted by Crippen LogP contribution is -2.47. The molecule has 1 rings (SSSR count). The second-order valence-corrected chi connectivity index (χ2v) is 12.1. The largest absolute Gasteiger partial charge is 0.490 e. The predicted molar refractivity (Wildman–Crippen MR) is 158 cm³/mol. The van der Waals surface area contributed by atoms with Gasteiger partial charge in [0.15, 0.2) is 11.5 Å². The molecule has 0 bridgehead atoms. The molecule has 0 spiro atoms. The number of nitrogens with one attached hydrogen (secondary N) is 1. The number of rotatable bonds is 20. The summed E-state index contributed by atoms with van der Waals surface area (Å²) in [6.45, 7) is 12.1. The molecule has 0 aliphatic rings. The topological polar surface area (TPSA) is 161 Å². The van der Waals surface area contributed by atoms with E-state index in [1.807, 2.05) is 12.1 Å². The van der Waals surface area contributed by atoms with E-state index in [0.29, 0.717) is 50.4 Å². The average Bonchev–Trinajstić information content (AvgIpc) is 2.87. The third kappa shape index (κ3) is 15.3. The minimum absolute atomic E-state index is 0.00315. The molecule has 0 heterocycles. The van der Waals surface area contributed by atoms with Crippen LogP contribution in [0.25, 0.3) is 0 Å². The SMILES string of the molecule is COCCCOc1cc(CC(CC(NC(=O)OC(C)(C)C)C(O)CC(C)C(=O)O)C(C)C)ccc1OCCCC(=O)O. The zero-order chi connectivity index (χ0) is 31.9. The van der Waals surface area contributed by atoms with E-state index in [1.165, 1.54) is 6.92 Å². The molecule has 0 fully saturated rings. The van der Waals surface area contributed by atoms with Crippen LogP contribution < -0.4 is 14.8 Å². The molecule has 1 aromatic carbocycles. The van der Waals surface area contributed by atoms with E-state index in [9.17, 15) is 24.6 Å². The van der Waals surface area contributed by atoms with Gasteiger partial charge >= 0.3 is 18.0 Å². The quantitative estimate of drug-likeness (QED) is 0.152. The van der Waals surface area contributed by atoms with Gasteiger partial charge in [0.25, 0.3) is 0 Å². The third-order valence-electron chi connectivity index (χ3n) is 6.73. The van der Waals surface area contributed by atoms with Crippen molar-refractivity contribution in [3.8, 4) is 11.5 Å². The van der Waals surface area contributed by atoms with Crippen molar-refractivity contribution >= 4 is 18.0 Å². The first-order valence-electron chi connectivity index (χ1n) is 14.6. The fraction of sp³-hybridized carbons (Fsp3) is 0.710. The average molecular weight is 598 g/mol. The molecule has 0 saturated heterocycles. The smallest absolute Gasteiger partial charge is 0.407 e. The van der Waals surface area contributed by atoms with Gasteiger partial charge in [0.05, 0.1) is 31.3 Å². The maximum absolute atomic E-state index is 12.6. The van der Waals surface area contributed by atoms with E-state index in [0.717, 1.165) is 5.56 Å². The van der Waals surface area contributed by atoms with Crippen molar-refractivity contribution in [3.63, 3.8) is 0 Å². The number of carboxylic acids is 2. The molecule has 240 valence electrons. The van der Waals surface area contributed by atoms with Crippen molar-refractivity contribution in [1.29, 1.82) is 0 Å². The molecule has 4 unspecified atom stereocenters. The zero-order valence-electron chi connectivity index (χ0n) is 26.2. The number of alkyl carbamates (subject to hydrolysis) is 1. The predicted octanol–water partition coefficient (Wildman–Crippen LogP) is 4.92. The van der Waals surface area contributed by atoms with Crippen LogP contribution in [0.5, 0.6) is 11.5 Å². The van der Waals surface area contributed by atoms with Gasteiger partial charge in [0.1, 0.15) is 5.60 Å². The summed E-state index contributed by atoms with van der Waals surface area (Å²) in [4.78, 5) is 34.9. The second kappa shape index (κ2) is 18.5. The first kappa shape index (κ1) is 37.0. The van der Waals surface area contributed by atoms with Crippen molar-refractivity contribution in [3.05, 3.63) is 23.8 Å². The van der Waals surface area contributed by atoms with Gasteiger partial charge in [0.2, 0.25) is 0 Å². The maximum atomic E-state index is 12.6. The van der Waals surface area contributed by atoms with Crippen LogP contribution >= 0.6 is 0 Å². The number of hydrogen-bond donors (Lipinski definition) is 4. The van der Waals surface area contributed by atoms with Crippen molar-refractivity contribution in [2.24, 2.45) is 17.8 Å². The van der Waals surface area contributed by atoms with Crippen molar-refractivity contribution in [2.75, 3.05) is 26.9 Å². The summed E-state index contributed by atoms with van der Waals surface area (Å²) >= 11 is 0. The summed E-state index contributed by atoms with van der Waals surface area (Å²) in [6.07, 6.45) is 0.255. The highest BCUT2D eigenvalue weighted by Crippen LogP contribution is 2.32. The Balaban J connectivity index is 3.16. The van der Waals surface area contributed by atoms with E-state index < -0.39 is 41.7 Å². The fourth-order valence-electron chi connectivity index (χ4n) is 4.32. The van der Waals surface area contributed by atoms with Crippen LogP contribution in [0, 0.1) is 17.8 Å². The van der Waals surface area contributed by atoms with E-state index in [1.54, 1.807) is 33.9 Å². The Hall–Kier alpha value is -3.05. The lowest BCUT2D eigenvalue weighted by atomic mass is 9.82. The molecule has 0 aromatic heterocycles. The van der Waals surface area contributed by atoms with Crippen LogP contribution in [0.4, 0.5) is 4.79 Å². The van der Waals surface area contributed by atoms with Gasteiger partial charge in [-0.3, -0.25) is 9.59 Å². The summed E-state index contributed by atoms with van der Waals surface area (Å²) in [5.74, 6) is -1.47. The number of carbonyl (C=O) groups is 3. The number of aliphatic hydroxyl groups excluding tert-OH is 1. The van der Waals surface area contributed by atoms with Crippen LogP contribution in [-0.4, -0.2) is 78.0 Å². The highest BCUT2D eigenvalue weighted by atomic mass is 16.6. The molecular formula is C31H51NO10. The molecule has 1 aromatic rings. The van der Waals surface area contributed by atoms with Crippen LogP contribution in [0.1, 0.15) is 79.2 Å². The van der Waals surface area contributed by atoms with Crippen LogP contribution in [0.3, 0.4) is 0 Å². The second-order valence-electron chi connectivity index (χ2n) is 12.1. The summed E-state index contributed by atoms with van der Waals surface area (Å²) < 4.78 is 22.3. The van der Waals surface area contributed by atoms with Crippen LogP contribution in [-0.2, 0) is 25.5 Å². The first-order chi connectivity index (χ1) is 19.6. The van der Waals surface area contributed by atoms with E-state index in [4.69, 9.17) is 24.1 Å². The number of aliphatic hydroxyl groups is 1. The molecule has 0 aliphatic heterocycles. The molecule has 0 aliphatic carbocycles. The number of carbonyl (C=O) groups excluding carboxylic acids is 1. The number of ether oxygens (including phenoxy) is 4. The van der Waals surface area contributed by atoms with Crippen LogP contribution in [0.2, 0.25) is 0 Å². The van der Waals surface area contributed by atoms with Gasteiger partial charge in [-0.2, -0.15) is 0 Å². The summed E-state index contributed by atoms with van der Waals surface area (Å²) in [5.41, 5.74) is 0.223. The number of hydrogen-bond acceptors (Lipinski definition) is 8. The highest BCUT2D eigenvalue weighted by molar-refractivity contribution is 5.70. The monoisotopic (exact) mass is 597 g/mol.